The van der Waals surface area contributed by atoms with Crippen LogP contribution in [-0.2, 0) is 0 Å². The van der Waals surface area contributed by atoms with Crippen molar-refractivity contribution in [1.82, 2.24) is 10.3 Å². The molecule has 0 saturated carbocycles. The van der Waals surface area contributed by atoms with Crippen LogP contribution in [0.15, 0.2) is 65.3 Å². The van der Waals surface area contributed by atoms with E-state index in [-0.39, 0.29) is 11.9 Å². The summed E-state index contributed by atoms with van der Waals surface area (Å²) in [7, 11) is 0. The third kappa shape index (κ3) is 3.42. The Morgan fingerprint density at radius 3 is 2.57 bits per heavy atom. The van der Waals surface area contributed by atoms with Crippen LogP contribution in [0.25, 0.3) is 10.9 Å². The summed E-state index contributed by atoms with van der Waals surface area (Å²) >= 11 is 3.39. The second-order valence-corrected chi connectivity index (χ2v) is 6.17. The standard InChI is InChI=1S/C19H17BrN2O/c1-2-16(13-8-4-3-5-9-13)22-19(23)15-12-18(20)21-17-11-7-6-10-14(15)17/h3-12,16H,2H2,1H3,(H,22,23). The maximum absolute atomic E-state index is 12.8. The van der Waals surface area contributed by atoms with Crippen LogP contribution in [0.5, 0.6) is 0 Å². The lowest BCUT2D eigenvalue weighted by atomic mass is 10.0. The van der Waals surface area contributed by atoms with Crippen LogP contribution in [0.2, 0.25) is 0 Å². The molecule has 0 aliphatic heterocycles. The van der Waals surface area contributed by atoms with E-state index in [9.17, 15) is 4.79 Å². The number of carbonyl (C=O) groups is 1. The number of rotatable bonds is 4. The molecule has 3 nitrogen and oxygen atoms in total. The Kier molecular flexibility index (Phi) is 4.72. The SMILES string of the molecule is CCC(NC(=O)c1cc(Br)nc2ccccc12)c1ccccc1. The Labute approximate surface area is 143 Å². The normalized spacial score (nSPS) is 12.1. The number of hydrogen-bond acceptors (Lipinski definition) is 2. The number of nitrogens with zero attached hydrogens (tertiary/aromatic N) is 1. The monoisotopic (exact) mass is 368 g/mol. The molecule has 1 atom stereocenters. The first-order chi connectivity index (χ1) is 11.2. The smallest absolute Gasteiger partial charge is 0.252 e. The van der Waals surface area contributed by atoms with E-state index in [1.165, 1.54) is 0 Å². The zero-order valence-corrected chi connectivity index (χ0v) is 14.4. The maximum Gasteiger partial charge on any atom is 0.252 e. The lowest BCUT2D eigenvalue weighted by Gasteiger charge is -2.18. The summed E-state index contributed by atoms with van der Waals surface area (Å²) in [4.78, 5) is 17.2. The van der Waals surface area contributed by atoms with Crippen molar-refractivity contribution < 1.29 is 4.79 Å². The van der Waals surface area contributed by atoms with E-state index < -0.39 is 0 Å². The first kappa shape index (κ1) is 15.7. The quantitative estimate of drug-likeness (QED) is 0.666. The van der Waals surface area contributed by atoms with Gasteiger partial charge in [-0.15, -0.1) is 0 Å². The molecule has 0 radical (unpaired) electrons. The Balaban J connectivity index is 1.94. The van der Waals surface area contributed by atoms with Gasteiger partial charge < -0.3 is 5.32 Å². The van der Waals surface area contributed by atoms with Crippen LogP contribution in [0.3, 0.4) is 0 Å². The number of aromatic nitrogens is 1. The van der Waals surface area contributed by atoms with E-state index in [1.54, 1.807) is 6.07 Å². The van der Waals surface area contributed by atoms with Gasteiger partial charge in [0.25, 0.3) is 5.91 Å². The molecule has 3 rings (SSSR count). The molecule has 0 aliphatic carbocycles. The van der Waals surface area contributed by atoms with Gasteiger partial charge >= 0.3 is 0 Å². The molecule has 1 heterocycles. The summed E-state index contributed by atoms with van der Waals surface area (Å²) in [5, 5.41) is 3.99. The van der Waals surface area contributed by atoms with Crippen LogP contribution in [0.1, 0.15) is 35.3 Å². The molecule has 0 spiro atoms. The molecule has 4 heteroatoms. The molecule has 3 aromatic rings. The average molecular weight is 369 g/mol. The number of nitrogens with one attached hydrogen (secondary N) is 1. The van der Waals surface area contributed by atoms with Gasteiger partial charge in [-0.05, 0) is 40.0 Å². The minimum absolute atomic E-state index is 0.00518. The summed E-state index contributed by atoms with van der Waals surface area (Å²) in [6, 6.07) is 19.5. The zero-order chi connectivity index (χ0) is 16.2. The third-order valence-electron chi connectivity index (χ3n) is 3.85. The van der Waals surface area contributed by atoms with Gasteiger partial charge in [0.05, 0.1) is 17.1 Å². The minimum atomic E-state index is -0.0833. The first-order valence-electron chi connectivity index (χ1n) is 7.60. The summed E-state index contributed by atoms with van der Waals surface area (Å²) in [5.41, 5.74) is 2.55. The van der Waals surface area contributed by atoms with Gasteiger partial charge in [0.1, 0.15) is 4.60 Å². The molecule has 116 valence electrons. The van der Waals surface area contributed by atoms with Crippen molar-refractivity contribution in [1.29, 1.82) is 0 Å². The number of hydrogen-bond donors (Lipinski definition) is 1. The lowest BCUT2D eigenvalue weighted by Crippen LogP contribution is -2.28. The van der Waals surface area contributed by atoms with Crippen molar-refractivity contribution in [2.24, 2.45) is 0 Å². The van der Waals surface area contributed by atoms with Crippen molar-refractivity contribution in [2.45, 2.75) is 19.4 Å². The van der Waals surface area contributed by atoms with Gasteiger partial charge in [0, 0.05) is 5.39 Å². The third-order valence-corrected chi connectivity index (χ3v) is 4.25. The van der Waals surface area contributed by atoms with Gasteiger partial charge in [-0.1, -0.05) is 55.5 Å². The molecule has 0 saturated heterocycles. The molecule has 1 aromatic heterocycles. The van der Waals surface area contributed by atoms with E-state index in [0.29, 0.717) is 10.2 Å². The second-order valence-electron chi connectivity index (χ2n) is 5.35. The van der Waals surface area contributed by atoms with Crippen LogP contribution in [-0.4, -0.2) is 10.9 Å². The Morgan fingerprint density at radius 1 is 1.13 bits per heavy atom. The highest BCUT2D eigenvalue weighted by molar-refractivity contribution is 9.10. The van der Waals surface area contributed by atoms with Crippen LogP contribution >= 0.6 is 15.9 Å². The van der Waals surface area contributed by atoms with Gasteiger partial charge in [0.15, 0.2) is 0 Å². The first-order valence-corrected chi connectivity index (χ1v) is 8.39. The van der Waals surface area contributed by atoms with Crippen LogP contribution in [0, 0.1) is 0 Å². The van der Waals surface area contributed by atoms with E-state index >= 15 is 0 Å². The molecule has 0 aliphatic rings. The number of fused-ring (bicyclic) bond motifs is 1. The fourth-order valence-corrected chi connectivity index (χ4v) is 3.09. The van der Waals surface area contributed by atoms with Crippen molar-refractivity contribution in [3.05, 3.63) is 76.4 Å². The van der Waals surface area contributed by atoms with Crippen molar-refractivity contribution in [3.8, 4) is 0 Å². The summed E-state index contributed by atoms with van der Waals surface area (Å²) in [5.74, 6) is -0.0833. The van der Waals surface area contributed by atoms with E-state index in [1.807, 2.05) is 54.6 Å². The molecule has 1 unspecified atom stereocenters. The number of halogens is 1. The van der Waals surface area contributed by atoms with Gasteiger partial charge in [-0.3, -0.25) is 4.79 Å². The Bertz CT molecular complexity index is 833. The number of amides is 1. The van der Waals surface area contributed by atoms with Crippen molar-refractivity contribution in [2.75, 3.05) is 0 Å². The Hall–Kier alpha value is -2.20. The number of benzene rings is 2. The topological polar surface area (TPSA) is 42.0 Å². The lowest BCUT2D eigenvalue weighted by molar-refractivity contribution is 0.0937. The fourth-order valence-electron chi connectivity index (χ4n) is 2.67. The van der Waals surface area contributed by atoms with E-state index in [2.05, 4.69) is 33.2 Å². The zero-order valence-electron chi connectivity index (χ0n) is 12.8. The van der Waals surface area contributed by atoms with Crippen molar-refractivity contribution >= 4 is 32.7 Å². The number of pyridine rings is 1. The molecule has 0 fully saturated rings. The highest BCUT2D eigenvalue weighted by Crippen LogP contribution is 2.23. The average Bonchev–Trinajstić information content (AvgIpc) is 2.59. The van der Waals surface area contributed by atoms with Gasteiger partial charge in [-0.25, -0.2) is 4.98 Å². The highest BCUT2D eigenvalue weighted by atomic mass is 79.9. The number of para-hydroxylation sites is 1. The molecular weight excluding hydrogens is 352 g/mol. The largest absolute Gasteiger partial charge is 0.345 e. The van der Waals surface area contributed by atoms with Gasteiger partial charge in [0.2, 0.25) is 0 Å². The molecule has 23 heavy (non-hydrogen) atoms. The highest BCUT2D eigenvalue weighted by Gasteiger charge is 2.17. The Morgan fingerprint density at radius 2 is 1.83 bits per heavy atom. The molecule has 2 aromatic carbocycles. The van der Waals surface area contributed by atoms with E-state index in [0.717, 1.165) is 22.9 Å². The predicted molar refractivity (Wildman–Crippen MR) is 96.4 cm³/mol. The van der Waals surface area contributed by atoms with Crippen LogP contribution in [0.4, 0.5) is 0 Å². The van der Waals surface area contributed by atoms with Crippen LogP contribution < -0.4 is 5.32 Å². The molecule has 1 amide bonds. The predicted octanol–water partition coefficient (Wildman–Crippen LogP) is 4.88. The second kappa shape index (κ2) is 6.92. The summed E-state index contributed by atoms with van der Waals surface area (Å²) in [6.45, 7) is 2.07. The number of carbonyl (C=O) groups excluding carboxylic acids is 1. The molecule has 0 bridgehead atoms. The summed E-state index contributed by atoms with van der Waals surface area (Å²) < 4.78 is 0.661. The molecular formula is C19H17BrN2O. The van der Waals surface area contributed by atoms with E-state index in [4.69, 9.17) is 0 Å². The summed E-state index contributed by atoms with van der Waals surface area (Å²) in [6.07, 6.45) is 0.833. The van der Waals surface area contributed by atoms with Gasteiger partial charge in [-0.2, -0.15) is 0 Å². The minimum Gasteiger partial charge on any atom is -0.345 e. The molecule has 1 N–H and O–H groups in total. The maximum atomic E-state index is 12.8. The fraction of sp³-hybridized carbons (Fsp3) is 0.158. The van der Waals surface area contributed by atoms with Crippen molar-refractivity contribution in [3.63, 3.8) is 0 Å².